The number of carbonyl (C=O) groups excluding carboxylic acids is 1. The van der Waals surface area contributed by atoms with E-state index in [0.29, 0.717) is 26.1 Å². The van der Waals surface area contributed by atoms with Crippen molar-refractivity contribution < 1.29 is 19.4 Å². The van der Waals surface area contributed by atoms with Gasteiger partial charge in [-0.15, -0.1) is 0 Å². The summed E-state index contributed by atoms with van der Waals surface area (Å²) in [4.78, 5) is 24.6. The van der Waals surface area contributed by atoms with Crippen LogP contribution in [0.3, 0.4) is 0 Å². The molecule has 0 spiro atoms. The number of carboxylic acids is 1. The summed E-state index contributed by atoms with van der Waals surface area (Å²) in [5, 5.41) is 9.23. The van der Waals surface area contributed by atoms with Crippen LogP contribution in [0.4, 0.5) is 0 Å². The van der Waals surface area contributed by atoms with Gasteiger partial charge in [0.05, 0.1) is 6.61 Å². The van der Waals surface area contributed by atoms with Crippen molar-refractivity contribution in [1.82, 2.24) is 4.90 Å². The van der Waals surface area contributed by atoms with Crippen molar-refractivity contribution >= 4 is 11.9 Å². The second-order valence-corrected chi connectivity index (χ2v) is 4.42. The minimum atomic E-state index is -1.10. The van der Waals surface area contributed by atoms with Crippen LogP contribution in [0.25, 0.3) is 0 Å². The lowest BCUT2D eigenvalue weighted by atomic mass is 9.88. The minimum absolute atomic E-state index is 0.0972. The molecule has 1 unspecified atom stereocenters. The number of ether oxygens (including phenoxy) is 1. The number of piperidine rings is 1. The lowest BCUT2D eigenvalue weighted by Crippen LogP contribution is -2.58. The quantitative estimate of drug-likeness (QED) is 0.654. The Balaban J connectivity index is 2.65. The van der Waals surface area contributed by atoms with E-state index in [1.807, 2.05) is 0 Å². The van der Waals surface area contributed by atoms with Gasteiger partial charge in [0, 0.05) is 13.1 Å². The van der Waals surface area contributed by atoms with E-state index >= 15 is 0 Å². The molecule has 98 valence electrons. The van der Waals surface area contributed by atoms with Crippen molar-refractivity contribution in [2.75, 3.05) is 26.3 Å². The Morgan fingerprint density at radius 2 is 2.18 bits per heavy atom. The fourth-order valence-electron chi connectivity index (χ4n) is 2.06. The van der Waals surface area contributed by atoms with Crippen molar-refractivity contribution in [1.29, 1.82) is 0 Å². The van der Waals surface area contributed by atoms with Gasteiger partial charge in [-0.05, 0) is 26.2 Å². The third-order valence-electron chi connectivity index (χ3n) is 3.14. The molecule has 1 saturated heterocycles. The van der Waals surface area contributed by atoms with Crippen molar-refractivity contribution in [2.45, 2.75) is 31.7 Å². The van der Waals surface area contributed by atoms with Gasteiger partial charge in [0.2, 0.25) is 5.91 Å². The van der Waals surface area contributed by atoms with Crippen molar-refractivity contribution in [2.24, 2.45) is 5.73 Å². The van der Waals surface area contributed by atoms with Gasteiger partial charge in [0.1, 0.15) is 12.1 Å². The summed E-state index contributed by atoms with van der Waals surface area (Å²) in [5.41, 5.74) is 4.15. The van der Waals surface area contributed by atoms with Crippen LogP contribution in [0, 0.1) is 0 Å². The van der Waals surface area contributed by atoms with Crippen LogP contribution in [0.2, 0.25) is 0 Å². The summed E-state index contributed by atoms with van der Waals surface area (Å²) in [6, 6.07) is 0. The van der Waals surface area contributed by atoms with Gasteiger partial charge in [-0.2, -0.15) is 0 Å². The predicted molar refractivity (Wildman–Crippen MR) is 61.5 cm³/mol. The molecule has 1 rings (SSSR count). The monoisotopic (exact) mass is 244 g/mol. The highest BCUT2D eigenvalue weighted by molar-refractivity contribution is 5.87. The molecule has 1 amide bonds. The van der Waals surface area contributed by atoms with Crippen LogP contribution >= 0.6 is 0 Å². The molecule has 0 aliphatic carbocycles. The first kappa shape index (κ1) is 13.9. The van der Waals surface area contributed by atoms with Crippen LogP contribution in [0.1, 0.15) is 26.2 Å². The molecule has 0 bridgehead atoms. The molecule has 6 nitrogen and oxygen atoms in total. The standard InChI is InChI=1S/C11H20N2O4/c1-11(10(15)16)4-2-3-6-13(11)9(14)8-17-7-5-12/h2-8,12H2,1H3,(H,15,16). The molecule has 0 aromatic rings. The highest BCUT2D eigenvalue weighted by Gasteiger charge is 2.43. The first-order valence-corrected chi connectivity index (χ1v) is 5.84. The largest absolute Gasteiger partial charge is 0.480 e. The highest BCUT2D eigenvalue weighted by atomic mass is 16.5. The maximum absolute atomic E-state index is 11.9. The average molecular weight is 244 g/mol. The zero-order valence-corrected chi connectivity index (χ0v) is 10.1. The van der Waals surface area contributed by atoms with Crippen molar-refractivity contribution in [3.63, 3.8) is 0 Å². The fourth-order valence-corrected chi connectivity index (χ4v) is 2.06. The molecule has 0 aromatic heterocycles. The van der Waals surface area contributed by atoms with E-state index in [2.05, 4.69) is 0 Å². The number of nitrogens with zero attached hydrogens (tertiary/aromatic N) is 1. The summed E-state index contributed by atoms with van der Waals surface area (Å²) >= 11 is 0. The SMILES string of the molecule is CC1(C(=O)O)CCCCN1C(=O)COCCN. The summed E-state index contributed by atoms with van der Waals surface area (Å²) < 4.78 is 5.06. The van der Waals surface area contributed by atoms with Gasteiger partial charge in [-0.1, -0.05) is 0 Å². The Bertz CT molecular complexity index is 295. The zero-order chi connectivity index (χ0) is 12.9. The second-order valence-electron chi connectivity index (χ2n) is 4.42. The molecule has 1 heterocycles. The number of carboxylic acid groups (broad SMARTS) is 1. The van der Waals surface area contributed by atoms with E-state index in [1.54, 1.807) is 6.92 Å². The molecule has 3 N–H and O–H groups in total. The topological polar surface area (TPSA) is 92.9 Å². The smallest absolute Gasteiger partial charge is 0.329 e. The van der Waals surface area contributed by atoms with Crippen LogP contribution in [-0.4, -0.2) is 53.7 Å². The molecule has 0 aromatic carbocycles. The van der Waals surface area contributed by atoms with Gasteiger partial charge in [0.25, 0.3) is 0 Å². The second kappa shape index (κ2) is 5.97. The number of rotatable bonds is 5. The first-order chi connectivity index (χ1) is 8.02. The third kappa shape index (κ3) is 3.17. The number of likely N-dealkylation sites (tertiary alicyclic amines) is 1. The number of carbonyl (C=O) groups is 2. The van der Waals surface area contributed by atoms with Gasteiger partial charge in [0.15, 0.2) is 0 Å². The van der Waals surface area contributed by atoms with Crippen LogP contribution < -0.4 is 5.73 Å². The van der Waals surface area contributed by atoms with E-state index in [-0.39, 0.29) is 12.5 Å². The van der Waals surface area contributed by atoms with E-state index in [9.17, 15) is 14.7 Å². The fraction of sp³-hybridized carbons (Fsp3) is 0.818. The maximum atomic E-state index is 11.9. The number of hydrogen-bond acceptors (Lipinski definition) is 4. The van der Waals surface area contributed by atoms with Crippen molar-refractivity contribution in [3.05, 3.63) is 0 Å². The van der Waals surface area contributed by atoms with Crippen molar-refractivity contribution in [3.8, 4) is 0 Å². The van der Waals surface area contributed by atoms with Gasteiger partial charge >= 0.3 is 5.97 Å². The summed E-state index contributed by atoms with van der Waals surface area (Å²) in [5.74, 6) is -1.23. The van der Waals surface area contributed by atoms with E-state index in [1.165, 1.54) is 4.90 Å². The van der Waals surface area contributed by atoms with E-state index < -0.39 is 11.5 Å². The van der Waals surface area contributed by atoms with Crippen LogP contribution in [0.5, 0.6) is 0 Å². The van der Waals surface area contributed by atoms with Gasteiger partial charge in [-0.25, -0.2) is 4.79 Å². The average Bonchev–Trinajstić information content (AvgIpc) is 2.29. The maximum Gasteiger partial charge on any atom is 0.329 e. The minimum Gasteiger partial charge on any atom is -0.480 e. The Hall–Kier alpha value is -1.14. The molecule has 1 fully saturated rings. The molecule has 0 saturated carbocycles. The molecule has 17 heavy (non-hydrogen) atoms. The number of hydrogen-bond donors (Lipinski definition) is 2. The summed E-state index contributed by atoms with van der Waals surface area (Å²) in [6.07, 6.45) is 2.16. The lowest BCUT2D eigenvalue weighted by Gasteiger charge is -2.41. The van der Waals surface area contributed by atoms with Crippen LogP contribution in [0.15, 0.2) is 0 Å². The normalized spacial score (nSPS) is 24.7. The Labute approximate surface area is 101 Å². The zero-order valence-electron chi connectivity index (χ0n) is 10.1. The third-order valence-corrected chi connectivity index (χ3v) is 3.14. The molecule has 0 radical (unpaired) electrons. The molecule has 1 atom stereocenters. The Morgan fingerprint density at radius 3 is 2.76 bits per heavy atom. The first-order valence-electron chi connectivity index (χ1n) is 5.84. The number of aliphatic carboxylic acids is 1. The Morgan fingerprint density at radius 1 is 1.47 bits per heavy atom. The Kier molecular flexibility index (Phi) is 4.89. The molecular formula is C11H20N2O4. The summed E-state index contributed by atoms with van der Waals surface area (Å²) in [6.45, 7) is 2.63. The number of amides is 1. The van der Waals surface area contributed by atoms with Gasteiger partial charge < -0.3 is 20.5 Å². The lowest BCUT2D eigenvalue weighted by molar-refractivity contribution is -0.162. The molecule has 1 aliphatic heterocycles. The molecule has 6 heteroatoms. The van der Waals surface area contributed by atoms with Gasteiger partial charge in [-0.3, -0.25) is 4.79 Å². The highest BCUT2D eigenvalue weighted by Crippen LogP contribution is 2.28. The predicted octanol–water partition coefficient (Wildman–Crippen LogP) is -0.182. The number of nitrogens with two attached hydrogens (primary N) is 1. The summed E-state index contributed by atoms with van der Waals surface area (Å²) in [7, 11) is 0. The van der Waals surface area contributed by atoms with E-state index in [4.69, 9.17) is 10.5 Å². The van der Waals surface area contributed by atoms with Crippen LogP contribution in [-0.2, 0) is 14.3 Å². The van der Waals surface area contributed by atoms with E-state index in [0.717, 1.165) is 12.8 Å². The molecule has 1 aliphatic rings. The molecular weight excluding hydrogens is 224 g/mol.